The van der Waals surface area contributed by atoms with Crippen molar-refractivity contribution in [1.29, 1.82) is 5.26 Å². The first-order valence-corrected chi connectivity index (χ1v) is 7.11. The quantitative estimate of drug-likeness (QED) is 0.630. The average Bonchev–Trinajstić information content (AvgIpc) is 2.97. The maximum absolute atomic E-state index is 11.7. The molecule has 0 radical (unpaired) electrons. The number of furan rings is 1. The number of fused-ring (bicyclic) bond motifs is 1. The largest absolute Gasteiger partial charge is 0.475 e. The van der Waals surface area contributed by atoms with Crippen molar-refractivity contribution in [2.24, 2.45) is 0 Å². The monoisotopic (exact) mass is 339 g/mol. The highest BCUT2D eigenvalue weighted by molar-refractivity contribution is 7.71. The van der Waals surface area contributed by atoms with E-state index in [9.17, 15) is 9.59 Å². The summed E-state index contributed by atoms with van der Waals surface area (Å²) in [5.41, 5.74) is 0.701. The zero-order valence-electron chi connectivity index (χ0n) is 12.0. The molecule has 0 bridgehead atoms. The molecule has 0 fully saturated rings. The molecule has 24 heavy (non-hydrogen) atoms. The van der Waals surface area contributed by atoms with Gasteiger partial charge < -0.3 is 14.5 Å². The Balaban J connectivity index is 2.13. The van der Waals surface area contributed by atoms with E-state index in [2.05, 4.69) is 9.97 Å². The van der Waals surface area contributed by atoms with Crippen LogP contribution in [0.15, 0.2) is 33.5 Å². The number of H-pyrrole nitrogens is 2. The second kappa shape index (κ2) is 5.98. The third-order valence-electron chi connectivity index (χ3n) is 3.32. The van der Waals surface area contributed by atoms with E-state index >= 15 is 0 Å². The number of benzene rings is 1. The number of aromatic nitrogens is 2. The molecule has 0 spiro atoms. The van der Waals surface area contributed by atoms with Crippen LogP contribution in [0.3, 0.4) is 0 Å². The number of hydrogen-bond donors (Lipinski definition) is 3. The summed E-state index contributed by atoms with van der Waals surface area (Å²) in [5.74, 6) is -1.33. The molecule has 2 heterocycles. The first-order chi connectivity index (χ1) is 11.5. The Morgan fingerprint density at radius 2 is 2.12 bits per heavy atom. The van der Waals surface area contributed by atoms with E-state index in [-0.39, 0.29) is 21.8 Å². The van der Waals surface area contributed by atoms with Gasteiger partial charge in [0.05, 0.1) is 5.69 Å². The van der Waals surface area contributed by atoms with Crippen LogP contribution in [0.25, 0.3) is 23.1 Å². The Morgan fingerprint density at radius 3 is 2.83 bits per heavy atom. The van der Waals surface area contributed by atoms with Gasteiger partial charge in [0.1, 0.15) is 17.2 Å². The van der Waals surface area contributed by atoms with Gasteiger partial charge in [-0.05, 0) is 36.0 Å². The molecule has 7 nitrogen and oxygen atoms in total. The summed E-state index contributed by atoms with van der Waals surface area (Å²) in [6.45, 7) is 0. The second-order valence-electron chi connectivity index (χ2n) is 4.82. The van der Waals surface area contributed by atoms with Crippen LogP contribution in [0.1, 0.15) is 27.4 Å². The topological polar surface area (TPSA) is 123 Å². The zero-order valence-corrected chi connectivity index (χ0v) is 12.8. The van der Waals surface area contributed by atoms with Crippen LogP contribution in [0.2, 0.25) is 0 Å². The third kappa shape index (κ3) is 2.76. The number of aromatic carboxylic acids is 1. The molecule has 3 aromatic rings. The molecule has 0 saturated carbocycles. The SMILES string of the molecule is N#Cc1c(/C=C/c2cccc3oc(C(=O)O)cc23)[nH]c(=S)[nH]c1=O. The van der Waals surface area contributed by atoms with Crippen LogP contribution in [-0.4, -0.2) is 21.0 Å². The molecule has 0 saturated heterocycles. The van der Waals surface area contributed by atoms with Crippen molar-refractivity contribution < 1.29 is 14.3 Å². The Hall–Kier alpha value is -3.44. The molecule has 0 aliphatic rings. The first kappa shape index (κ1) is 15.5. The van der Waals surface area contributed by atoms with Crippen molar-refractivity contribution >= 4 is 41.3 Å². The molecule has 0 unspecified atom stereocenters. The first-order valence-electron chi connectivity index (χ1n) is 6.70. The molecule has 3 N–H and O–H groups in total. The number of carbonyl (C=O) groups is 1. The van der Waals surface area contributed by atoms with Gasteiger partial charge in [0.15, 0.2) is 4.77 Å². The van der Waals surface area contributed by atoms with Gasteiger partial charge in [-0.15, -0.1) is 0 Å². The van der Waals surface area contributed by atoms with Crippen molar-refractivity contribution in [1.82, 2.24) is 9.97 Å². The molecule has 2 aromatic heterocycles. The maximum atomic E-state index is 11.7. The molecule has 8 heteroatoms. The van der Waals surface area contributed by atoms with Gasteiger partial charge >= 0.3 is 5.97 Å². The van der Waals surface area contributed by atoms with E-state index in [1.165, 1.54) is 12.1 Å². The molecule has 0 atom stereocenters. The van der Waals surface area contributed by atoms with Gasteiger partial charge in [0.25, 0.3) is 5.56 Å². The number of aromatic amines is 2. The molecule has 1 aromatic carbocycles. The highest BCUT2D eigenvalue weighted by Gasteiger charge is 2.12. The van der Waals surface area contributed by atoms with Gasteiger partial charge in [0.2, 0.25) is 5.76 Å². The molecular formula is C16H9N3O4S. The lowest BCUT2D eigenvalue weighted by Gasteiger charge is -1.98. The summed E-state index contributed by atoms with van der Waals surface area (Å²) in [4.78, 5) is 27.8. The number of hydrogen-bond acceptors (Lipinski definition) is 5. The summed E-state index contributed by atoms with van der Waals surface area (Å²) in [6.07, 6.45) is 3.18. The average molecular weight is 339 g/mol. The standard InChI is InChI=1S/C16H9N3O4S/c17-7-10-11(18-16(24)19-14(10)20)5-4-8-2-1-3-12-9(8)6-13(23-12)15(21)22/h1-6H,(H,21,22)(H2,18,19,20,24)/b5-4+. The lowest BCUT2D eigenvalue weighted by atomic mass is 10.1. The van der Waals surface area contributed by atoms with Crippen LogP contribution >= 0.6 is 12.2 Å². The van der Waals surface area contributed by atoms with Crippen molar-refractivity contribution in [3.8, 4) is 6.07 Å². The highest BCUT2D eigenvalue weighted by atomic mass is 32.1. The summed E-state index contributed by atoms with van der Waals surface area (Å²) in [5, 5.41) is 18.7. The Labute approximate surface area is 139 Å². The van der Waals surface area contributed by atoms with E-state index in [0.29, 0.717) is 16.5 Å². The van der Waals surface area contributed by atoms with Crippen LogP contribution in [0, 0.1) is 16.1 Å². The van der Waals surface area contributed by atoms with Crippen molar-refractivity contribution in [3.63, 3.8) is 0 Å². The van der Waals surface area contributed by atoms with E-state index in [0.717, 1.165) is 0 Å². The molecule has 0 amide bonds. The number of carboxylic acids is 1. The smallest absolute Gasteiger partial charge is 0.371 e. The van der Waals surface area contributed by atoms with Crippen LogP contribution in [0.4, 0.5) is 0 Å². The third-order valence-corrected chi connectivity index (χ3v) is 3.52. The van der Waals surface area contributed by atoms with E-state index in [4.69, 9.17) is 27.0 Å². The van der Waals surface area contributed by atoms with Crippen molar-refractivity contribution in [2.75, 3.05) is 0 Å². The zero-order chi connectivity index (χ0) is 17.3. The predicted molar refractivity (Wildman–Crippen MR) is 89.1 cm³/mol. The molecule has 0 aliphatic heterocycles. The van der Waals surface area contributed by atoms with Gasteiger partial charge in [-0.2, -0.15) is 5.26 Å². The molecular weight excluding hydrogens is 330 g/mol. The fourth-order valence-electron chi connectivity index (χ4n) is 2.25. The Kier molecular flexibility index (Phi) is 3.85. The summed E-state index contributed by atoms with van der Waals surface area (Å²) in [6, 6.07) is 8.36. The second-order valence-corrected chi connectivity index (χ2v) is 5.23. The lowest BCUT2D eigenvalue weighted by molar-refractivity contribution is 0.0665. The molecule has 0 aliphatic carbocycles. The molecule has 118 valence electrons. The van der Waals surface area contributed by atoms with E-state index in [1.807, 2.05) is 6.07 Å². The number of carboxylic acid groups (broad SMARTS) is 1. The lowest BCUT2D eigenvalue weighted by Crippen LogP contribution is -2.13. The van der Waals surface area contributed by atoms with Gasteiger partial charge in [-0.1, -0.05) is 18.2 Å². The van der Waals surface area contributed by atoms with Gasteiger partial charge in [-0.3, -0.25) is 9.78 Å². The van der Waals surface area contributed by atoms with Gasteiger partial charge in [-0.25, -0.2) is 4.79 Å². The molecule has 3 rings (SSSR count). The minimum Gasteiger partial charge on any atom is -0.475 e. The fourth-order valence-corrected chi connectivity index (χ4v) is 2.45. The minimum absolute atomic E-state index is 0.0922. The summed E-state index contributed by atoms with van der Waals surface area (Å²) in [7, 11) is 0. The number of nitrogens with one attached hydrogen (secondary N) is 2. The van der Waals surface area contributed by atoms with Crippen LogP contribution in [-0.2, 0) is 0 Å². The van der Waals surface area contributed by atoms with Crippen LogP contribution in [0.5, 0.6) is 0 Å². The van der Waals surface area contributed by atoms with Crippen LogP contribution < -0.4 is 5.56 Å². The van der Waals surface area contributed by atoms with Crippen molar-refractivity contribution in [3.05, 3.63) is 62.0 Å². The van der Waals surface area contributed by atoms with Crippen molar-refractivity contribution in [2.45, 2.75) is 0 Å². The fraction of sp³-hybridized carbons (Fsp3) is 0. The summed E-state index contributed by atoms with van der Waals surface area (Å²) < 4.78 is 5.34. The number of nitrogens with zero attached hydrogens (tertiary/aromatic N) is 1. The van der Waals surface area contributed by atoms with Gasteiger partial charge in [0, 0.05) is 5.39 Å². The maximum Gasteiger partial charge on any atom is 0.371 e. The predicted octanol–water partition coefficient (Wildman–Crippen LogP) is 2.92. The van der Waals surface area contributed by atoms with E-state index < -0.39 is 11.5 Å². The Bertz CT molecular complexity index is 1140. The van der Waals surface area contributed by atoms with E-state index in [1.54, 1.807) is 24.3 Å². The highest BCUT2D eigenvalue weighted by Crippen LogP contribution is 2.24. The minimum atomic E-state index is -1.16. The Morgan fingerprint density at radius 1 is 1.33 bits per heavy atom. The summed E-state index contributed by atoms with van der Waals surface area (Å²) >= 11 is 4.90. The normalized spacial score (nSPS) is 11.0. The number of nitriles is 1. The number of rotatable bonds is 3.